The van der Waals surface area contributed by atoms with E-state index in [2.05, 4.69) is 4.98 Å². The molecule has 3 rings (SSSR count). The van der Waals surface area contributed by atoms with E-state index < -0.39 is 0 Å². The Kier molecular flexibility index (Phi) is 6.31. The van der Waals surface area contributed by atoms with Gasteiger partial charge in [-0.1, -0.05) is 17.7 Å². The van der Waals surface area contributed by atoms with E-state index in [1.807, 2.05) is 6.07 Å². The van der Waals surface area contributed by atoms with Gasteiger partial charge in [0.1, 0.15) is 11.5 Å². The predicted molar refractivity (Wildman–Crippen MR) is 115 cm³/mol. The van der Waals surface area contributed by atoms with Gasteiger partial charge in [-0.25, -0.2) is 0 Å². The number of amides is 2. The zero-order valence-electron chi connectivity index (χ0n) is 17.4. The molecule has 1 aromatic carbocycles. The highest BCUT2D eigenvalue weighted by molar-refractivity contribution is 6.33. The lowest BCUT2D eigenvalue weighted by molar-refractivity contribution is -0.113. The summed E-state index contributed by atoms with van der Waals surface area (Å²) in [5.74, 6) is -0.330. The Hall–Kier alpha value is -3.06. The number of aromatic hydroxyl groups is 1. The molecule has 7 nitrogen and oxygen atoms in total. The van der Waals surface area contributed by atoms with Crippen LogP contribution in [0.15, 0.2) is 30.5 Å². The van der Waals surface area contributed by atoms with Gasteiger partial charge in [0, 0.05) is 38.3 Å². The van der Waals surface area contributed by atoms with Crippen LogP contribution in [0.3, 0.4) is 0 Å². The Morgan fingerprint density at radius 3 is 2.77 bits per heavy atom. The van der Waals surface area contributed by atoms with Gasteiger partial charge in [0.15, 0.2) is 0 Å². The van der Waals surface area contributed by atoms with Gasteiger partial charge in [0.25, 0.3) is 5.91 Å². The summed E-state index contributed by atoms with van der Waals surface area (Å²) in [6, 6.07) is 3.22. The van der Waals surface area contributed by atoms with Crippen LogP contribution >= 0.6 is 11.6 Å². The van der Waals surface area contributed by atoms with Crippen LogP contribution in [-0.4, -0.2) is 47.5 Å². The van der Waals surface area contributed by atoms with Crippen LogP contribution in [0.5, 0.6) is 11.5 Å². The summed E-state index contributed by atoms with van der Waals surface area (Å²) < 4.78 is 5.14. The highest BCUT2D eigenvalue weighted by atomic mass is 35.5. The molecule has 2 amide bonds. The molecule has 8 heteroatoms. The molecule has 1 aliphatic heterocycles. The van der Waals surface area contributed by atoms with Crippen molar-refractivity contribution in [1.29, 1.82) is 0 Å². The number of benzene rings is 1. The summed E-state index contributed by atoms with van der Waals surface area (Å²) in [7, 11) is 3.13. The van der Waals surface area contributed by atoms with Gasteiger partial charge in [-0.05, 0) is 37.1 Å². The molecule has 2 heterocycles. The predicted octanol–water partition coefficient (Wildman–Crippen LogP) is 3.50. The number of likely N-dealkylation sites (N-methyl/N-ethyl adjacent to an activating group) is 1. The molecular weight excluding hydrogens is 406 g/mol. The summed E-state index contributed by atoms with van der Waals surface area (Å²) >= 11 is 6.29. The lowest BCUT2D eigenvalue weighted by Gasteiger charge is -2.30. The summed E-state index contributed by atoms with van der Waals surface area (Å²) in [6.07, 6.45) is 5.41. The van der Waals surface area contributed by atoms with E-state index in [0.717, 1.165) is 11.3 Å². The second-order valence-electron chi connectivity index (χ2n) is 7.09. The Balaban J connectivity index is 1.89. The smallest absolute Gasteiger partial charge is 0.258 e. The van der Waals surface area contributed by atoms with Gasteiger partial charge in [-0.2, -0.15) is 0 Å². The van der Waals surface area contributed by atoms with Gasteiger partial charge in [0.2, 0.25) is 5.91 Å². The number of rotatable bonds is 4. The number of nitrogens with zero attached hydrogens (tertiary/aromatic N) is 3. The molecule has 0 unspecified atom stereocenters. The van der Waals surface area contributed by atoms with Crippen LogP contribution in [0.25, 0.3) is 0 Å². The largest absolute Gasteiger partial charge is 0.507 e. The Morgan fingerprint density at radius 2 is 2.10 bits per heavy atom. The molecule has 0 aliphatic carbocycles. The fraction of sp³-hybridized carbons (Fsp3) is 0.318. The fourth-order valence-corrected chi connectivity index (χ4v) is 3.70. The normalized spacial score (nSPS) is 13.3. The Morgan fingerprint density at radius 1 is 1.37 bits per heavy atom. The van der Waals surface area contributed by atoms with Crippen LogP contribution in [-0.2, 0) is 17.8 Å². The number of phenolic OH excluding ortho intramolecular Hbond substituents is 1. The Labute approximate surface area is 180 Å². The molecule has 0 atom stereocenters. The number of carbonyl (C=O) groups excluding carboxylic acids is 2. The number of halogens is 1. The number of allylic oxidation sites excluding steroid dienone is 1. The SMILES string of the molecule is C/C=C/C(=O)N(C)c1cnc2c(c1)CN(C(=O)c1c(O)cc(OC)c(Cl)c1C)CC2. The van der Waals surface area contributed by atoms with Crippen molar-refractivity contribution >= 4 is 29.1 Å². The van der Waals surface area contributed by atoms with E-state index in [1.54, 1.807) is 38.1 Å². The number of carbonyl (C=O) groups is 2. The standard InChI is InChI=1S/C22H24ClN3O4/c1-5-6-19(28)25(3)15-9-14-12-26(8-7-16(14)24-11-15)22(29)20-13(2)21(23)18(30-4)10-17(20)27/h5-6,9-11,27H,7-8,12H2,1-4H3/b6-5+. The molecule has 1 N–H and O–H groups in total. The number of fused-ring (bicyclic) bond motifs is 1. The molecule has 0 spiro atoms. The van der Waals surface area contributed by atoms with Crippen molar-refractivity contribution in [2.24, 2.45) is 0 Å². The second-order valence-corrected chi connectivity index (χ2v) is 7.46. The lowest BCUT2D eigenvalue weighted by Crippen LogP contribution is -2.37. The monoisotopic (exact) mass is 429 g/mol. The van der Waals surface area contributed by atoms with Crippen molar-refractivity contribution in [3.8, 4) is 11.5 Å². The maximum Gasteiger partial charge on any atom is 0.258 e. The number of pyridine rings is 1. The topological polar surface area (TPSA) is 83.0 Å². The minimum absolute atomic E-state index is 0.156. The molecule has 0 saturated carbocycles. The highest BCUT2D eigenvalue weighted by Gasteiger charge is 2.28. The number of methoxy groups -OCH3 is 1. The zero-order valence-corrected chi connectivity index (χ0v) is 18.2. The van der Waals surface area contributed by atoms with Crippen molar-refractivity contribution in [2.75, 3.05) is 25.6 Å². The fourth-order valence-electron chi connectivity index (χ4n) is 3.47. The third-order valence-electron chi connectivity index (χ3n) is 5.22. The number of hydrogen-bond donors (Lipinski definition) is 1. The van der Waals surface area contributed by atoms with Crippen molar-refractivity contribution < 1.29 is 19.4 Å². The number of phenols is 1. The summed E-state index contributed by atoms with van der Waals surface area (Å²) in [5, 5.41) is 10.7. The molecule has 1 aliphatic rings. The van der Waals surface area contributed by atoms with Crippen molar-refractivity contribution in [3.63, 3.8) is 0 Å². The van der Waals surface area contributed by atoms with E-state index in [0.29, 0.717) is 41.5 Å². The van der Waals surface area contributed by atoms with E-state index in [9.17, 15) is 14.7 Å². The van der Waals surface area contributed by atoms with Gasteiger partial charge in [-0.15, -0.1) is 0 Å². The third kappa shape index (κ3) is 3.98. The average molecular weight is 430 g/mol. The van der Waals surface area contributed by atoms with Crippen LogP contribution in [0.4, 0.5) is 5.69 Å². The number of hydrogen-bond acceptors (Lipinski definition) is 5. The van der Waals surface area contributed by atoms with E-state index in [-0.39, 0.29) is 23.1 Å². The second kappa shape index (κ2) is 8.75. The first kappa shape index (κ1) is 21.6. The van der Waals surface area contributed by atoms with Gasteiger partial charge in [-0.3, -0.25) is 14.6 Å². The number of ether oxygens (including phenoxy) is 1. The maximum absolute atomic E-state index is 13.2. The van der Waals surface area contributed by atoms with E-state index in [4.69, 9.17) is 16.3 Å². The van der Waals surface area contributed by atoms with Crippen molar-refractivity contribution in [2.45, 2.75) is 26.8 Å². The first-order valence-electron chi connectivity index (χ1n) is 9.52. The molecular formula is C22H24ClN3O4. The zero-order chi connectivity index (χ0) is 22.0. The van der Waals surface area contributed by atoms with Crippen LogP contribution in [0, 0.1) is 6.92 Å². The van der Waals surface area contributed by atoms with Crippen LogP contribution in [0.2, 0.25) is 5.02 Å². The molecule has 2 aromatic rings. The van der Waals surface area contributed by atoms with E-state index >= 15 is 0 Å². The minimum Gasteiger partial charge on any atom is -0.507 e. The highest BCUT2D eigenvalue weighted by Crippen LogP contribution is 2.37. The van der Waals surface area contributed by atoms with Crippen LogP contribution in [0.1, 0.15) is 34.1 Å². The third-order valence-corrected chi connectivity index (χ3v) is 5.69. The summed E-state index contributed by atoms with van der Waals surface area (Å²) in [5.41, 5.74) is 3.03. The average Bonchev–Trinajstić information content (AvgIpc) is 2.75. The van der Waals surface area contributed by atoms with Crippen LogP contribution < -0.4 is 9.64 Å². The molecule has 0 bridgehead atoms. The minimum atomic E-state index is -0.316. The summed E-state index contributed by atoms with van der Waals surface area (Å²) in [6.45, 7) is 4.25. The van der Waals surface area contributed by atoms with E-state index in [1.165, 1.54) is 24.2 Å². The first-order valence-corrected chi connectivity index (χ1v) is 9.89. The number of aromatic nitrogens is 1. The Bertz CT molecular complexity index is 1040. The molecule has 30 heavy (non-hydrogen) atoms. The number of anilines is 1. The first-order chi connectivity index (χ1) is 14.3. The van der Waals surface area contributed by atoms with Crippen molar-refractivity contribution in [3.05, 3.63) is 57.9 Å². The lowest BCUT2D eigenvalue weighted by atomic mass is 10.0. The quantitative estimate of drug-likeness (QED) is 0.752. The molecule has 0 radical (unpaired) electrons. The maximum atomic E-state index is 13.2. The molecule has 1 aromatic heterocycles. The van der Waals surface area contributed by atoms with Gasteiger partial charge >= 0.3 is 0 Å². The molecule has 0 fully saturated rings. The molecule has 158 valence electrons. The van der Waals surface area contributed by atoms with Gasteiger partial charge in [0.05, 0.1) is 29.6 Å². The van der Waals surface area contributed by atoms with Gasteiger partial charge < -0.3 is 19.6 Å². The molecule has 0 saturated heterocycles. The summed E-state index contributed by atoms with van der Waals surface area (Å²) in [4.78, 5) is 32.9. The van der Waals surface area contributed by atoms with Crippen molar-refractivity contribution in [1.82, 2.24) is 9.88 Å².